The van der Waals surface area contributed by atoms with Crippen LogP contribution in [0.1, 0.15) is 37.7 Å². The Hall–Kier alpha value is -1.35. The molecule has 0 amide bonds. The van der Waals surface area contributed by atoms with Crippen LogP contribution >= 0.6 is 0 Å². The van der Waals surface area contributed by atoms with Gasteiger partial charge in [-0.05, 0) is 46.2 Å². The van der Waals surface area contributed by atoms with Crippen LogP contribution in [0.3, 0.4) is 0 Å². The summed E-state index contributed by atoms with van der Waals surface area (Å²) >= 11 is 0. The summed E-state index contributed by atoms with van der Waals surface area (Å²) in [6, 6.07) is 3.25. The fourth-order valence-corrected chi connectivity index (χ4v) is 2.07. The van der Waals surface area contributed by atoms with E-state index in [1.807, 2.05) is 13.8 Å². The highest BCUT2D eigenvalue weighted by atomic mass is 19.1. The van der Waals surface area contributed by atoms with Gasteiger partial charge in [-0.15, -0.1) is 0 Å². The molecule has 0 aliphatic carbocycles. The fourth-order valence-electron chi connectivity index (χ4n) is 2.07. The maximum Gasteiger partial charge on any atom is 0.170 e. The van der Waals surface area contributed by atoms with Gasteiger partial charge in [-0.25, -0.2) is 4.39 Å². The molecule has 1 aromatic carbocycles. The second-order valence-electron chi connectivity index (χ2n) is 5.82. The molecule has 0 spiro atoms. The standard InChI is InChI=1S/C15H20FNO/c1-9-6-7-11(16)14-13(9)10(2)12(18-14)8-17-15(3,4)5/h6-7,17H,8H2,1-5H3. The third kappa shape index (κ3) is 2.41. The number of aryl methyl sites for hydroxylation is 2. The third-order valence-electron chi connectivity index (χ3n) is 3.12. The minimum Gasteiger partial charge on any atom is -0.456 e. The molecule has 0 radical (unpaired) electrons. The average Bonchev–Trinajstić information content (AvgIpc) is 2.59. The van der Waals surface area contributed by atoms with Crippen molar-refractivity contribution < 1.29 is 8.81 Å². The van der Waals surface area contributed by atoms with Crippen LogP contribution in [0.5, 0.6) is 0 Å². The van der Waals surface area contributed by atoms with Crippen LogP contribution in [0.25, 0.3) is 11.0 Å². The Balaban J connectivity index is 2.45. The summed E-state index contributed by atoms with van der Waals surface area (Å²) in [6.07, 6.45) is 0. The first-order chi connectivity index (χ1) is 8.29. The Morgan fingerprint density at radius 3 is 2.44 bits per heavy atom. The van der Waals surface area contributed by atoms with E-state index in [0.717, 1.165) is 22.3 Å². The van der Waals surface area contributed by atoms with Crippen molar-refractivity contribution >= 4 is 11.0 Å². The first kappa shape index (κ1) is 13.1. The molecule has 1 N–H and O–H groups in total. The van der Waals surface area contributed by atoms with Crippen molar-refractivity contribution in [3.8, 4) is 0 Å². The van der Waals surface area contributed by atoms with E-state index in [9.17, 15) is 4.39 Å². The van der Waals surface area contributed by atoms with Gasteiger partial charge in [0.2, 0.25) is 0 Å². The summed E-state index contributed by atoms with van der Waals surface area (Å²) in [6.45, 7) is 10.9. The summed E-state index contributed by atoms with van der Waals surface area (Å²) < 4.78 is 19.4. The van der Waals surface area contributed by atoms with Crippen molar-refractivity contribution in [1.29, 1.82) is 0 Å². The maximum absolute atomic E-state index is 13.7. The molecule has 1 heterocycles. The zero-order valence-electron chi connectivity index (χ0n) is 11.6. The number of furan rings is 1. The van der Waals surface area contributed by atoms with Crippen LogP contribution in [-0.4, -0.2) is 5.54 Å². The average molecular weight is 249 g/mol. The highest BCUT2D eigenvalue weighted by Gasteiger charge is 2.17. The summed E-state index contributed by atoms with van der Waals surface area (Å²) in [5, 5.41) is 4.27. The molecule has 0 aliphatic heterocycles. The molecule has 2 rings (SSSR count). The molecular formula is C15H20FNO. The number of halogens is 1. The number of fused-ring (bicyclic) bond motifs is 1. The zero-order valence-corrected chi connectivity index (χ0v) is 11.6. The number of benzene rings is 1. The first-order valence-electron chi connectivity index (χ1n) is 6.22. The minimum atomic E-state index is -0.291. The van der Waals surface area contributed by atoms with E-state index in [1.54, 1.807) is 6.07 Å². The number of hydrogen-bond acceptors (Lipinski definition) is 2. The highest BCUT2D eigenvalue weighted by molar-refractivity contribution is 5.85. The number of nitrogens with one attached hydrogen (secondary N) is 1. The minimum absolute atomic E-state index is 0.0129. The van der Waals surface area contributed by atoms with Crippen molar-refractivity contribution in [3.05, 3.63) is 34.8 Å². The lowest BCUT2D eigenvalue weighted by atomic mass is 10.1. The molecule has 0 saturated carbocycles. The van der Waals surface area contributed by atoms with Gasteiger partial charge < -0.3 is 9.73 Å². The van der Waals surface area contributed by atoms with Gasteiger partial charge in [0, 0.05) is 16.5 Å². The Kier molecular flexibility index (Phi) is 3.20. The number of rotatable bonds is 2. The van der Waals surface area contributed by atoms with Gasteiger partial charge in [-0.1, -0.05) is 6.07 Å². The lowest BCUT2D eigenvalue weighted by Crippen LogP contribution is -2.35. The normalized spacial score (nSPS) is 12.3. The van der Waals surface area contributed by atoms with E-state index < -0.39 is 0 Å². The lowest BCUT2D eigenvalue weighted by molar-refractivity contribution is 0.392. The van der Waals surface area contributed by atoms with E-state index >= 15 is 0 Å². The zero-order chi connectivity index (χ0) is 13.5. The van der Waals surface area contributed by atoms with Gasteiger partial charge in [0.1, 0.15) is 5.76 Å². The van der Waals surface area contributed by atoms with Gasteiger partial charge in [0.25, 0.3) is 0 Å². The van der Waals surface area contributed by atoms with Crippen LogP contribution in [0.2, 0.25) is 0 Å². The van der Waals surface area contributed by atoms with Crippen molar-refractivity contribution in [2.75, 3.05) is 0 Å². The van der Waals surface area contributed by atoms with Crippen molar-refractivity contribution in [1.82, 2.24) is 5.32 Å². The van der Waals surface area contributed by atoms with Crippen molar-refractivity contribution in [2.45, 2.75) is 46.7 Å². The van der Waals surface area contributed by atoms with Crippen LogP contribution in [-0.2, 0) is 6.54 Å². The quantitative estimate of drug-likeness (QED) is 0.867. The Labute approximate surface area is 107 Å². The maximum atomic E-state index is 13.7. The van der Waals surface area contributed by atoms with Crippen molar-refractivity contribution in [2.24, 2.45) is 0 Å². The predicted molar refractivity (Wildman–Crippen MR) is 72.2 cm³/mol. The van der Waals surface area contributed by atoms with Crippen molar-refractivity contribution in [3.63, 3.8) is 0 Å². The molecule has 0 unspecified atom stereocenters. The molecular weight excluding hydrogens is 229 g/mol. The van der Waals surface area contributed by atoms with E-state index in [0.29, 0.717) is 12.1 Å². The van der Waals surface area contributed by atoms with E-state index in [2.05, 4.69) is 26.1 Å². The molecule has 1 aromatic heterocycles. The molecule has 0 atom stereocenters. The SMILES string of the molecule is Cc1ccc(F)c2oc(CNC(C)(C)C)c(C)c12. The predicted octanol–water partition coefficient (Wildman–Crippen LogP) is 4.08. The van der Waals surface area contributed by atoms with Gasteiger partial charge in [-0.2, -0.15) is 0 Å². The molecule has 2 aromatic rings. The second kappa shape index (κ2) is 4.39. The summed E-state index contributed by atoms with van der Waals surface area (Å²) in [4.78, 5) is 0. The van der Waals surface area contributed by atoms with E-state index in [-0.39, 0.29) is 11.4 Å². The van der Waals surface area contributed by atoms with Gasteiger partial charge in [0.15, 0.2) is 11.4 Å². The molecule has 0 bridgehead atoms. The molecule has 2 nitrogen and oxygen atoms in total. The van der Waals surface area contributed by atoms with Crippen LogP contribution in [0, 0.1) is 19.7 Å². The Bertz CT molecular complexity index is 578. The summed E-state index contributed by atoms with van der Waals surface area (Å²) in [5.41, 5.74) is 2.46. The fraction of sp³-hybridized carbons (Fsp3) is 0.467. The lowest BCUT2D eigenvalue weighted by Gasteiger charge is -2.19. The smallest absolute Gasteiger partial charge is 0.170 e. The molecule has 18 heavy (non-hydrogen) atoms. The Morgan fingerprint density at radius 2 is 1.89 bits per heavy atom. The molecule has 0 saturated heterocycles. The third-order valence-corrected chi connectivity index (χ3v) is 3.12. The second-order valence-corrected chi connectivity index (χ2v) is 5.82. The van der Waals surface area contributed by atoms with Gasteiger partial charge in [0.05, 0.1) is 6.54 Å². The van der Waals surface area contributed by atoms with E-state index in [4.69, 9.17) is 4.42 Å². The monoisotopic (exact) mass is 249 g/mol. The topological polar surface area (TPSA) is 25.2 Å². The number of hydrogen-bond donors (Lipinski definition) is 1. The van der Waals surface area contributed by atoms with E-state index in [1.165, 1.54) is 6.07 Å². The van der Waals surface area contributed by atoms with Crippen LogP contribution in [0.4, 0.5) is 4.39 Å². The molecule has 0 aliphatic rings. The molecule has 98 valence electrons. The largest absolute Gasteiger partial charge is 0.456 e. The van der Waals surface area contributed by atoms with Gasteiger partial charge >= 0.3 is 0 Å². The summed E-state index contributed by atoms with van der Waals surface area (Å²) in [5.74, 6) is 0.522. The van der Waals surface area contributed by atoms with Gasteiger partial charge in [-0.3, -0.25) is 0 Å². The van der Waals surface area contributed by atoms with Crippen LogP contribution < -0.4 is 5.32 Å². The molecule has 3 heteroatoms. The molecule has 0 fully saturated rings. The highest BCUT2D eigenvalue weighted by Crippen LogP contribution is 2.30. The summed E-state index contributed by atoms with van der Waals surface area (Å²) in [7, 11) is 0. The van der Waals surface area contributed by atoms with Crippen LogP contribution in [0.15, 0.2) is 16.5 Å². The Morgan fingerprint density at radius 1 is 1.22 bits per heavy atom. The first-order valence-corrected chi connectivity index (χ1v) is 6.22.